The first-order valence-corrected chi connectivity index (χ1v) is 8.39. The van der Waals surface area contributed by atoms with Crippen LogP contribution < -0.4 is 15.8 Å². The molecule has 2 amide bonds. The van der Waals surface area contributed by atoms with Crippen molar-refractivity contribution in [2.45, 2.75) is 39.2 Å². The quantitative estimate of drug-likeness (QED) is 0.806. The smallest absolute Gasteiger partial charge is 0.265 e. The van der Waals surface area contributed by atoms with Gasteiger partial charge in [-0.1, -0.05) is 44.2 Å². The van der Waals surface area contributed by atoms with Crippen molar-refractivity contribution in [2.75, 3.05) is 5.32 Å². The van der Waals surface area contributed by atoms with Crippen LogP contribution in [0.15, 0.2) is 48.5 Å². The molecule has 3 N–H and O–H groups in total. The zero-order valence-electron chi connectivity index (χ0n) is 14.8. The molecule has 2 aromatic carbocycles. The van der Waals surface area contributed by atoms with Gasteiger partial charge in [0.2, 0.25) is 0 Å². The fourth-order valence-corrected chi connectivity index (χ4v) is 2.50. The third kappa shape index (κ3) is 4.59. The highest BCUT2D eigenvalue weighted by Crippen LogP contribution is 2.29. The van der Waals surface area contributed by atoms with E-state index in [1.807, 2.05) is 24.3 Å². The summed E-state index contributed by atoms with van der Waals surface area (Å²) in [6.07, 6.45) is 0.263. The van der Waals surface area contributed by atoms with Crippen molar-refractivity contribution in [1.29, 1.82) is 0 Å². The lowest BCUT2D eigenvalue weighted by Gasteiger charge is -2.20. The number of carbonyl (C=O) groups excluding carboxylic acids is 2. The molecule has 0 heterocycles. The molecule has 0 aliphatic rings. The number of hydrogen-bond acceptors (Lipinski definition) is 3. The van der Waals surface area contributed by atoms with E-state index in [0.717, 1.165) is 12.0 Å². The number of rotatable bonds is 7. The highest BCUT2D eigenvalue weighted by molar-refractivity contribution is 6.03. The predicted molar refractivity (Wildman–Crippen MR) is 98.8 cm³/mol. The van der Waals surface area contributed by atoms with Crippen molar-refractivity contribution in [1.82, 2.24) is 0 Å². The number of nitrogens with two attached hydrogens (primary N) is 1. The summed E-state index contributed by atoms with van der Waals surface area (Å²) in [5.41, 5.74) is 7.06. The Hall–Kier alpha value is -2.82. The maximum atomic E-state index is 12.5. The highest BCUT2D eigenvalue weighted by atomic mass is 16.5. The molecule has 0 radical (unpaired) electrons. The lowest BCUT2D eigenvalue weighted by atomic mass is 9.98. The van der Waals surface area contributed by atoms with Crippen LogP contribution in [0, 0.1) is 0 Å². The van der Waals surface area contributed by atoms with Crippen molar-refractivity contribution >= 4 is 17.5 Å². The van der Waals surface area contributed by atoms with Gasteiger partial charge in [0, 0.05) is 0 Å². The molecular weight excluding hydrogens is 316 g/mol. The molecule has 0 saturated heterocycles. The Morgan fingerprint density at radius 1 is 1.08 bits per heavy atom. The van der Waals surface area contributed by atoms with E-state index in [1.54, 1.807) is 31.2 Å². The average molecular weight is 340 g/mol. The standard InChI is InChI=1S/C20H24N2O3/c1-4-13(2)15-9-6-8-12-18(15)25-14(3)20(24)22-17-11-7-5-10-16(17)19(21)23/h5-14H,4H2,1-3H3,(H2,21,23)(H,22,24)/t13-,14+/m1/s1. The predicted octanol–water partition coefficient (Wildman–Crippen LogP) is 3.71. The summed E-state index contributed by atoms with van der Waals surface area (Å²) in [4.78, 5) is 23.9. The number of primary amides is 1. The Bertz CT molecular complexity index is 758. The maximum Gasteiger partial charge on any atom is 0.265 e. The molecular formula is C20H24N2O3. The number of ether oxygens (including phenoxy) is 1. The number of para-hydroxylation sites is 2. The molecule has 2 atom stereocenters. The summed E-state index contributed by atoms with van der Waals surface area (Å²) in [5.74, 6) is 0.101. The molecule has 0 aliphatic carbocycles. The minimum atomic E-state index is -0.717. The molecule has 2 rings (SSSR count). The number of amides is 2. The number of benzene rings is 2. The molecule has 0 bridgehead atoms. The topological polar surface area (TPSA) is 81.4 Å². The average Bonchev–Trinajstić information content (AvgIpc) is 2.61. The van der Waals surface area contributed by atoms with E-state index in [-0.39, 0.29) is 11.5 Å². The van der Waals surface area contributed by atoms with E-state index >= 15 is 0 Å². The first kappa shape index (κ1) is 18.5. The molecule has 0 aliphatic heterocycles. The normalized spacial score (nSPS) is 12.9. The molecule has 2 aromatic rings. The monoisotopic (exact) mass is 340 g/mol. The Morgan fingerprint density at radius 2 is 1.72 bits per heavy atom. The van der Waals surface area contributed by atoms with E-state index in [2.05, 4.69) is 19.2 Å². The number of nitrogens with one attached hydrogen (secondary N) is 1. The van der Waals surface area contributed by atoms with Crippen LogP contribution in [0.25, 0.3) is 0 Å². The van der Waals surface area contributed by atoms with Crippen molar-refractivity contribution < 1.29 is 14.3 Å². The van der Waals surface area contributed by atoms with E-state index in [0.29, 0.717) is 17.4 Å². The van der Waals surface area contributed by atoms with Gasteiger partial charge in [0.05, 0.1) is 11.3 Å². The molecule has 0 aromatic heterocycles. The van der Waals surface area contributed by atoms with Gasteiger partial charge in [0.25, 0.3) is 11.8 Å². The molecule has 5 heteroatoms. The zero-order chi connectivity index (χ0) is 18.4. The zero-order valence-corrected chi connectivity index (χ0v) is 14.8. The largest absolute Gasteiger partial charge is 0.481 e. The van der Waals surface area contributed by atoms with Crippen LogP contribution in [-0.4, -0.2) is 17.9 Å². The Morgan fingerprint density at radius 3 is 2.40 bits per heavy atom. The first-order valence-electron chi connectivity index (χ1n) is 8.39. The van der Waals surface area contributed by atoms with Gasteiger partial charge < -0.3 is 15.8 Å². The SMILES string of the molecule is CC[C@@H](C)c1ccccc1O[C@@H](C)C(=O)Nc1ccccc1C(N)=O. The Labute approximate surface area is 148 Å². The van der Waals surface area contributed by atoms with Crippen LogP contribution in [0.1, 0.15) is 49.0 Å². The molecule has 0 spiro atoms. The molecule has 5 nitrogen and oxygen atoms in total. The van der Waals surface area contributed by atoms with Gasteiger partial charge in [0.1, 0.15) is 5.75 Å². The lowest BCUT2D eigenvalue weighted by molar-refractivity contribution is -0.122. The fourth-order valence-electron chi connectivity index (χ4n) is 2.50. The van der Waals surface area contributed by atoms with Gasteiger partial charge in [-0.3, -0.25) is 9.59 Å². The van der Waals surface area contributed by atoms with Crippen LogP contribution >= 0.6 is 0 Å². The van der Waals surface area contributed by atoms with Crippen LogP contribution in [0.3, 0.4) is 0 Å². The van der Waals surface area contributed by atoms with Gasteiger partial charge in [-0.05, 0) is 43.0 Å². The van der Waals surface area contributed by atoms with Crippen LogP contribution in [0.5, 0.6) is 5.75 Å². The summed E-state index contributed by atoms with van der Waals surface area (Å²) >= 11 is 0. The second-order valence-electron chi connectivity index (χ2n) is 6.01. The molecule has 0 unspecified atom stereocenters. The number of carbonyl (C=O) groups is 2. The van der Waals surface area contributed by atoms with Crippen LogP contribution in [-0.2, 0) is 4.79 Å². The summed E-state index contributed by atoms with van der Waals surface area (Å²) in [6.45, 7) is 5.91. The van der Waals surface area contributed by atoms with Crippen molar-refractivity contribution in [2.24, 2.45) is 5.73 Å². The van der Waals surface area contributed by atoms with Gasteiger partial charge in [-0.15, -0.1) is 0 Å². The number of hydrogen-bond donors (Lipinski definition) is 2. The van der Waals surface area contributed by atoms with Crippen molar-refractivity contribution in [3.8, 4) is 5.75 Å². The summed E-state index contributed by atoms with van der Waals surface area (Å²) < 4.78 is 5.87. The molecule has 0 saturated carbocycles. The van der Waals surface area contributed by atoms with Crippen LogP contribution in [0.2, 0.25) is 0 Å². The van der Waals surface area contributed by atoms with E-state index in [9.17, 15) is 9.59 Å². The van der Waals surface area contributed by atoms with Gasteiger partial charge in [-0.2, -0.15) is 0 Å². The third-order valence-electron chi connectivity index (χ3n) is 4.19. The fraction of sp³-hybridized carbons (Fsp3) is 0.300. The van der Waals surface area contributed by atoms with E-state index < -0.39 is 12.0 Å². The second kappa shape index (κ2) is 8.33. The van der Waals surface area contributed by atoms with Gasteiger partial charge in [-0.25, -0.2) is 0 Å². The second-order valence-corrected chi connectivity index (χ2v) is 6.01. The molecule has 132 valence electrons. The Balaban J connectivity index is 2.13. The Kier molecular flexibility index (Phi) is 6.17. The third-order valence-corrected chi connectivity index (χ3v) is 4.19. The molecule has 25 heavy (non-hydrogen) atoms. The summed E-state index contributed by atoms with van der Waals surface area (Å²) in [7, 11) is 0. The van der Waals surface area contributed by atoms with Gasteiger partial charge >= 0.3 is 0 Å². The number of anilines is 1. The van der Waals surface area contributed by atoms with Gasteiger partial charge in [0.15, 0.2) is 6.10 Å². The minimum Gasteiger partial charge on any atom is -0.481 e. The van der Waals surface area contributed by atoms with Crippen LogP contribution in [0.4, 0.5) is 5.69 Å². The molecule has 0 fully saturated rings. The first-order chi connectivity index (χ1) is 11.9. The maximum absolute atomic E-state index is 12.5. The van der Waals surface area contributed by atoms with Crippen molar-refractivity contribution in [3.63, 3.8) is 0 Å². The van der Waals surface area contributed by atoms with E-state index in [1.165, 1.54) is 0 Å². The van der Waals surface area contributed by atoms with Crippen molar-refractivity contribution in [3.05, 3.63) is 59.7 Å². The summed E-state index contributed by atoms with van der Waals surface area (Å²) in [5, 5.41) is 2.71. The minimum absolute atomic E-state index is 0.267. The lowest BCUT2D eigenvalue weighted by Crippen LogP contribution is -2.31. The highest BCUT2D eigenvalue weighted by Gasteiger charge is 2.19. The van der Waals surface area contributed by atoms with E-state index in [4.69, 9.17) is 10.5 Å². The summed E-state index contributed by atoms with van der Waals surface area (Å²) in [6, 6.07) is 14.3.